The van der Waals surface area contributed by atoms with E-state index in [0.29, 0.717) is 30.7 Å². The molecule has 1 aliphatic heterocycles. The van der Waals surface area contributed by atoms with Crippen molar-refractivity contribution in [2.24, 2.45) is 0 Å². The van der Waals surface area contributed by atoms with Gasteiger partial charge >= 0.3 is 5.97 Å². The molecule has 1 unspecified atom stereocenters. The Morgan fingerprint density at radius 1 is 1.40 bits per heavy atom. The SMILES string of the molecule is CSCCC(NC(=O)[C@@H]1CC[C@H](C(=O)O)O1)c1nnc2ccccn12. The second-order valence-electron chi connectivity index (χ2n) is 5.86. The van der Waals surface area contributed by atoms with Crippen LogP contribution in [0, 0.1) is 0 Å². The number of amides is 1. The first-order valence-electron chi connectivity index (χ1n) is 8.07. The zero-order valence-corrected chi connectivity index (χ0v) is 14.6. The van der Waals surface area contributed by atoms with Gasteiger partial charge in [-0.3, -0.25) is 9.20 Å². The molecule has 1 amide bonds. The van der Waals surface area contributed by atoms with Gasteiger partial charge in [0.25, 0.3) is 0 Å². The van der Waals surface area contributed by atoms with E-state index in [4.69, 9.17) is 9.84 Å². The number of carbonyl (C=O) groups is 2. The average Bonchev–Trinajstić information content (AvgIpc) is 3.25. The molecule has 2 N–H and O–H groups in total. The number of rotatable bonds is 7. The summed E-state index contributed by atoms with van der Waals surface area (Å²) >= 11 is 1.68. The Hall–Kier alpha value is -2.13. The van der Waals surface area contributed by atoms with Crippen molar-refractivity contribution in [2.45, 2.75) is 37.5 Å². The van der Waals surface area contributed by atoms with E-state index in [2.05, 4.69) is 15.5 Å². The molecule has 25 heavy (non-hydrogen) atoms. The summed E-state index contributed by atoms with van der Waals surface area (Å²) in [6, 6.07) is 5.29. The highest BCUT2D eigenvalue weighted by atomic mass is 32.2. The van der Waals surface area contributed by atoms with E-state index < -0.39 is 18.2 Å². The van der Waals surface area contributed by atoms with Crippen LogP contribution >= 0.6 is 11.8 Å². The lowest BCUT2D eigenvalue weighted by molar-refractivity contribution is -0.151. The number of carboxylic acid groups (broad SMARTS) is 1. The number of fused-ring (bicyclic) bond motifs is 1. The summed E-state index contributed by atoms with van der Waals surface area (Å²) in [5, 5.41) is 20.3. The van der Waals surface area contributed by atoms with E-state index >= 15 is 0 Å². The number of nitrogens with zero attached hydrogens (tertiary/aromatic N) is 3. The average molecular weight is 364 g/mol. The molecule has 9 heteroatoms. The fourth-order valence-electron chi connectivity index (χ4n) is 2.88. The van der Waals surface area contributed by atoms with Crippen molar-refractivity contribution < 1.29 is 19.4 Å². The highest BCUT2D eigenvalue weighted by Crippen LogP contribution is 2.23. The van der Waals surface area contributed by atoms with Gasteiger partial charge in [0, 0.05) is 6.20 Å². The highest BCUT2D eigenvalue weighted by molar-refractivity contribution is 7.98. The van der Waals surface area contributed by atoms with Gasteiger partial charge in [-0.05, 0) is 43.4 Å². The Bertz CT molecular complexity index is 765. The number of carboxylic acids is 1. The van der Waals surface area contributed by atoms with E-state index in [0.717, 1.165) is 5.75 Å². The maximum atomic E-state index is 12.5. The lowest BCUT2D eigenvalue weighted by Crippen LogP contribution is -2.38. The summed E-state index contributed by atoms with van der Waals surface area (Å²) in [6.45, 7) is 0. The number of pyridine rings is 1. The van der Waals surface area contributed by atoms with Crippen molar-refractivity contribution in [3.05, 3.63) is 30.2 Å². The third kappa shape index (κ3) is 3.93. The van der Waals surface area contributed by atoms with E-state index in [9.17, 15) is 9.59 Å². The number of aliphatic carboxylic acids is 1. The molecular formula is C16H20N4O4S. The van der Waals surface area contributed by atoms with Gasteiger partial charge in [0.2, 0.25) is 5.91 Å². The van der Waals surface area contributed by atoms with Crippen LogP contribution in [0.1, 0.15) is 31.1 Å². The zero-order chi connectivity index (χ0) is 17.8. The Balaban J connectivity index is 1.75. The molecule has 134 valence electrons. The molecule has 1 aliphatic rings. The second kappa shape index (κ2) is 7.83. The molecule has 0 aromatic carbocycles. The van der Waals surface area contributed by atoms with Crippen molar-refractivity contribution in [1.82, 2.24) is 19.9 Å². The zero-order valence-electron chi connectivity index (χ0n) is 13.8. The van der Waals surface area contributed by atoms with Gasteiger partial charge < -0.3 is 15.2 Å². The maximum Gasteiger partial charge on any atom is 0.332 e. The predicted octanol–water partition coefficient (Wildman–Crippen LogP) is 1.27. The van der Waals surface area contributed by atoms with Crippen LogP contribution in [0.15, 0.2) is 24.4 Å². The predicted molar refractivity (Wildman–Crippen MR) is 92.4 cm³/mol. The topological polar surface area (TPSA) is 106 Å². The van der Waals surface area contributed by atoms with E-state index in [-0.39, 0.29) is 11.9 Å². The van der Waals surface area contributed by atoms with Gasteiger partial charge in [-0.1, -0.05) is 6.07 Å². The molecule has 2 aromatic rings. The number of hydrogen-bond acceptors (Lipinski definition) is 6. The lowest BCUT2D eigenvalue weighted by Gasteiger charge is -2.19. The molecule has 0 radical (unpaired) electrons. The molecule has 0 bridgehead atoms. The van der Waals surface area contributed by atoms with Gasteiger partial charge in [-0.2, -0.15) is 11.8 Å². The summed E-state index contributed by atoms with van der Waals surface area (Å²) < 4.78 is 7.18. The van der Waals surface area contributed by atoms with Crippen molar-refractivity contribution >= 4 is 29.3 Å². The lowest BCUT2D eigenvalue weighted by atomic mass is 10.1. The molecule has 8 nitrogen and oxygen atoms in total. The standard InChI is InChI=1S/C16H20N4O4S/c1-25-9-7-10(14-19-18-13-4-2-3-8-20(13)14)17-15(21)11-5-6-12(24-11)16(22)23/h2-4,8,10-12H,5-7,9H2,1H3,(H,17,21)(H,22,23)/t10?,11-,12+/m0/s1. The summed E-state index contributed by atoms with van der Waals surface area (Å²) in [5.74, 6) is 0.168. The largest absolute Gasteiger partial charge is 0.479 e. The Labute approximate surface area is 149 Å². The van der Waals surface area contributed by atoms with E-state index in [1.165, 1.54) is 0 Å². The quantitative estimate of drug-likeness (QED) is 0.762. The first-order chi connectivity index (χ1) is 12.1. The van der Waals surface area contributed by atoms with Gasteiger partial charge in [0.15, 0.2) is 17.6 Å². The molecule has 3 heterocycles. The second-order valence-corrected chi connectivity index (χ2v) is 6.84. The van der Waals surface area contributed by atoms with Gasteiger partial charge in [0.1, 0.15) is 6.10 Å². The number of nitrogens with one attached hydrogen (secondary N) is 1. The van der Waals surface area contributed by atoms with Crippen LogP contribution < -0.4 is 5.32 Å². The molecule has 3 atom stereocenters. The smallest absolute Gasteiger partial charge is 0.332 e. The molecule has 0 aliphatic carbocycles. The first-order valence-corrected chi connectivity index (χ1v) is 9.46. The third-order valence-corrected chi connectivity index (χ3v) is 4.81. The van der Waals surface area contributed by atoms with Gasteiger partial charge in [-0.25, -0.2) is 4.79 Å². The molecular weight excluding hydrogens is 344 g/mol. The Morgan fingerprint density at radius 2 is 2.20 bits per heavy atom. The normalized spacial score (nSPS) is 21.3. The van der Waals surface area contributed by atoms with E-state index in [1.54, 1.807) is 11.8 Å². The van der Waals surface area contributed by atoms with E-state index in [1.807, 2.05) is 35.1 Å². The van der Waals surface area contributed by atoms with Gasteiger partial charge in [-0.15, -0.1) is 10.2 Å². The third-order valence-electron chi connectivity index (χ3n) is 4.17. The number of aromatic nitrogens is 3. The summed E-state index contributed by atoms with van der Waals surface area (Å²) in [5.41, 5.74) is 0.712. The van der Waals surface area contributed by atoms with Crippen LogP contribution in [-0.2, 0) is 14.3 Å². The van der Waals surface area contributed by atoms with Gasteiger partial charge in [0.05, 0.1) is 6.04 Å². The molecule has 1 fully saturated rings. The van der Waals surface area contributed by atoms with Crippen LogP contribution in [0.4, 0.5) is 0 Å². The van der Waals surface area contributed by atoms with Crippen molar-refractivity contribution in [3.8, 4) is 0 Å². The highest BCUT2D eigenvalue weighted by Gasteiger charge is 2.35. The number of hydrogen-bond donors (Lipinski definition) is 2. The van der Waals surface area contributed by atoms with Crippen LogP contribution in [-0.4, -0.2) is 55.8 Å². The molecule has 0 saturated carbocycles. The molecule has 0 spiro atoms. The minimum absolute atomic E-state index is 0.303. The maximum absolute atomic E-state index is 12.5. The Morgan fingerprint density at radius 3 is 2.92 bits per heavy atom. The van der Waals surface area contributed by atoms with Crippen molar-refractivity contribution in [1.29, 1.82) is 0 Å². The minimum Gasteiger partial charge on any atom is -0.479 e. The molecule has 1 saturated heterocycles. The number of ether oxygens (including phenoxy) is 1. The summed E-state index contributed by atoms with van der Waals surface area (Å²) in [7, 11) is 0. The fraction of sp³-hybridized carbons (Fsp3) is 0.500. The number of carbonyl (C=O) groups excluding carboxylic acids is 1. The van der Waals surface area contributed by atoms with Crippen molar-refractivity contribution in [3.63, 3.8) is 0 Å². The fourth-order valence-corrected chi connectivity index (χ4v) is 3.35. The summed E-state index contributed by atoms with van der Waals surface area (Å²) in [6.07, 6.45) is 3.65. The molecule has 2 aromatic heterocycles. The first kappa shape index (κ1) is 17.7. The number of thioether (sulfide) groups is 1. The monoisotopic (exact) mass is 364 g/mol. The van der Waals surface area contributed by atoms with Crippen LogP contribution in [0.5, 0.6) is 0 Å². The van der Waals surface area contributed by atoms with Crippen LogP contribution in [0.25, 0.3) is 5.65 Å². The van der Waals surface area contributed by atoms with Crippen LogP contribution in [0.3, 0.4) is 0 Å². The minimum atomic E-state index is -1.03. The Kier molecular flexibility index (Phi) is 5.54. The van der Waals surface area contributed by atoms with Crippen LogP contribution in [0.2, 0.25) is 0 Å². The van der Waals surface area contributed by atoms with Crippen molar-refractivity contribution in [2.75, 3.05) is 12.0 Å². The molecule has 3 rings (SSSR count). The summed E-state index contributed by atoms with van der Waals surface area (Å²) in [4.78, 5) is 23.5.